The lowest BCUT2D eigenvalue weighted by Crippen LogP contribution is -3.17. The molecule has 1 aliphatic rings. The van der Waals surface area contributed by atoms with E-state index in [0.717, 1.165) is 32.4 Å². The minimum absolute atomic E-state index is 0.110. The monoisotopic (exact) mass is 341 g/mol. The summed E-state index contributed by atoms with van der Waals surface area (Å²) in [6.07, 6.45) is 3.37. The van der Waals surface area contributed by atoms with Crippen LogP contribution in [-0.4, -0.2) is 25.0 Å². The van der Waals surface area contributed by atoms with Crippen LogP contribution in [0.15, 0.2) is 54.6 Å². The Kier molecular flexibility index (Phi) is 5.82. The van der Waals surface area contributed by atoms with Crippen molar-refractivity contribution in [1.29, 1.82) is 0 Å². The van der Waals surface area contributed by atoms with Crippen molar-refractivity contribution < 1.29 is 14.1 Å². The zero-order valence-corrected chi connectivity index (χ0v) is 14.7. The second-order valence-corrected chi connectivity index (χ2v) is 6.98. The molecular weight excluding hydrogens is 315 g/mol. The van der Waals surface area contributed by atoms with Gasteiger partial charge in [0.1, 0.15) is 5.82 Å². The minimum Gasteiger partial charge on any atom is -0.325 e. The minimum atomic E-state index is -0.389. The van der Waals surface area contributed by atoms with Gasteiger partial charge in [-0.25, -0.2) is 4.39 Å². The summed E-state index contributed by atoms with van der Waals surface area (Å²) in [5.74, 6) is 0.189. The van der Waals surface area contributed by atoms with Gasteiger partial charge >= 0.3 is 0 Å². The van der Waals surface area contributed by atoms with E-state index in [0.29, 0.717) is 5.92 Å². The highest BCUT2D eigenvalue weighted by atomic mass is 19.1. The topological polar surface area (TPSA) is 33.5 Å². The van der Waals surface area contributed by atoms with E-state index in [1.165, 1.54) is 16.5 Å². The van der Waals surface area contributed by atoms with Gasteiger partial charge < -0.3 is 10.2 Å². The van der Waals surface area contributed by atoms with Gasteiger partial charge in [0, 0.05) is 0 Å². The van der Waals surface area contributed by atoms with Crippen molar-refractivity contribution in [3.8, 4) is 0 Å². The Morgan fingerprint density at radius 3 is 2.44 bits per heavy atom. The van der Waals surface area contributed by atoms with Gasteiger partial charge in [-0.05, 0) is 49.8 Å². The zero-order valence-electron chi connectivity index (χ0n) is 14.7. The number of likely N-dealkylation sites (tertiary alicyclic amines) is 1. The summed E-state index contributed by atoms with van der Waals surface area (Å²) in [6.45, 7) is 3.91. The molecule has 0 radical (unpaired) electrons. The third kappa shape index (κ3) is 4.67. The number of piperidine rings is 1. The first kappa shape index (κ1) is 17.6. The summed E-state index contributed by atoms with van der Waals surface area (Å²) < 4.78 is 13.7. The molecule has 1 atom stereocenters. The Hall–Kier alpha value is -2.20. The average molecular weight is 341 g/mol. The molecule has 2 aromatic rings. The summed E-state index contributed by atoms with van der Waals surface area (Å²) in [4.78, 5) is 13.7. The first-order valence-electron chi connectivity index (χ1n) is 9.07. The standard InChI is InChI=1S/C21H25FN2O/c1-16(21(25)23-20-10-6-5-9-19(20)22)24-13-11-18(12-14-24)15-17-7-3-2-4-8-17/h2-10,16,18H,11-15H2,1H3,(H,23,25)/p+1/t16-/m1/s1. The largest absolute Gasteiger partial charge is 0.325 e. The van der Waals surface area contributed by atoms with Crippen LogP contribution in [0.1, 0.15) is 25.3 Å². The summed E-state index contributed by atoms with van der Waals surface area (Å²) in [7, 11) is 0. The van der Waals surface area contributed by atoms with Crippen LogP contribution >= 0.6 is 0 Å². The maximum Gasteiger partial charge on any atom is 0.282 e. The molecule has 1 heterocycles. The van der Waals surface area contributed by atoms with Crippen molar-refractivity contribution in [1.82, 2.24) is 0 Å². The zero-order chi connectivity index (χ0) is 17.6. The Labute approximate surface area is 148 Å². The van der Waals surface area contributed by atoms with E-state index in [2.05, 4.69) is 29.6 Å². The molecular formula is C21H26FN2O+. The molecule has 0 unspecified atom stereocenters. The number of para-hydroxylation sites is 1. The summed E-state index contributed by atoms with van der Waals surface area (Å²) in [6, 6.07) is 16.7. The molecule has 1 aliphatic heterocycles. The van der Waals surface area contributed by atoms with Crippen molar-refractivity contribution in [2.24, 2.45) is 5.92 Å². The lowest BCUT2D eigenvalue weighted by molar-refractivity contribution is -0.919. The lowest BCUT2D eigenvalue weighted by Gasteiger charge is -2.32. The molecule has 1 saturated heterocycles. The number of anilines is 1. The molecule has 3 nitrogen and oxygen atoms in total. The van der Waals surface area contributed by atoms with Crippen LogP contribution in [0.25, 0.3) is 0 Å². The van der Waals surface area contributed by atoms with Crippen LogP contribution in [0.5, 0.6) is 0 Å². The van der Waals surface area contributed by atoms with E-state index in [4.69, 9.17) is 0 Å². The second-order valence-electron chi connectivity index (χ2n) is 6.98. The number of rotatable bonds is 5. The first-order chi connectivity index (χ1) is 12.1. The number of carbonyl (C=O) groups is 1. The predicted octanol–water partition coefficient (Wildman–Crippen LogP) is 2.69. The number of halogens is 1. The normalized spacial score (nSPS) is 21.5. The number of hydrogen-bond acceptors (Lipinski definition) is 1. The molecule has 0 aromatic heterocycles. The fraction of sp³-hybridized carbons (Fsp3) is 0.381. The van der Waals surface area contributed by atoms with Gasteiger partial charge in [0.25, 0.3) is 5.91 Å². The fourth-order valence-electron chi connectivity index (χ4n) is 3.62. The third-order valence-corrected chi connectivity index (χ3v) is 5.25. The third-order valence-electron chi connectivity index (χ3n) is 5.25. The number of carbonyl (C=O) groups excluding carboxylic acids is 1. The molecule has 132 valence electrons. The van der Waals surface area contributed by atoms with Crippen molar-refractivity contribution >= 4 is 11.6 Å². The highest BCUT2D eigenvalue weighted by molar-refractivity contribution is 5.93. The SMILES string of the molecule is C[C@H](C(=O)Nc1ccccc1F)[NH+]1CCC(Cc2ccccc2)CC1. The average Bonchev–Trinajstić information content (AvgIpc) is 2.64. The molecule has 0 spiro atoms. The fourth-order valence-corrected chi connectivity index (χ4v) is 3.62. The van der Waals surface area contributed by atoms with Crippen LogP contribution in [0, 0.1) is 11.7 Å². The van der Waals surface area contributed by atoms with Crippen molar-refractivity contribution in [2.45, 2.75) is 32.2 Å². The summed E-state index contributed by atoms with van der Waals surface area (Å²) in [5, 5.41) is 2.72. The lowest BCUT2D eigenvalue weighted by atomic mass is 9.89. The molecule has 1 amide bonds. The molecule has 4 heteroatoms. The molecule has 0 bridgehead atoms. The van der Waals surface area contributed by atoms with Gasteiger partial charge in [0.15, 0.2) is 6.04 Å². The molecule has 2 N–H and O–H groups in total. The van der Waals surface area contributed by atoms with E-state index in [1.807, 2.05) is 13.0 Å². The van der Waals surface area contributed by atoms with Crippen LogP contribution < -0.4 is 10.2 Å². The van der Waals surface area contributed by atoms with E-state index in [1.54, 1.807) is 18.2 Å². The van der Waals surface area contributed by atoms with E-state index in [9.17, 15) is 9.18 Å². The smallest absolute Gasteiger partial charge is 0.282 e. The Morgan fingerprint density at radius 2 is 1.76 bits per heavy atom. The summed E-state index contributed by atoms with van der Waals surface area (Å²) in [5.41, 5.74) is 1.65. The first-order valence-corrected chi connectivity index (χ1v) is 9.07. The van der Waals surface area contributed by atoms with Crippen molar-refractivity contribution in [3.05, 3.63) is 66.0 Å². The number of benzene rings is 2. The number of hydrogen-bond donors (Lipinski definition) is 2. The van der Waals surface area contributed by atoms with Crippen molar-refractivity contribution in [2.75, 3.05) is 18.4 Å². The molecule has 2 aromatic carbocycles. The second kappa shape index (κ2) is 8.26. The van der Waals surface area contributed by atoms with E-state index in [-0.39, 0.29) is 23.5 Å². The molecule has 25 heavy (non-hydrogen) atoms. The van der Waals surface area contributed by atoms with Crippen LogP contribution in [-0.2, 0) is 11.2 Å². The van der Waals surface area contributed by atoms with Crippen LogP contribution in [0.3, 0.4) is 0 Å². The van der Waals surface area contributed by atoms with Crippen LogP contribution in [0.2, 0.25) is 0 Å². The molecule has 0 aliphatic carbocycles. The van der Waals surface area contributed by atoms with E-state index >= 15 is 0 Å². The predicted molar refractivity (Wildman–Crippen MR) is 98.1 cm³/mol. The maximum atomic E-state index is 13.7. The number of quaternary nitrogens is 1. The molecule has 3 rings (SSSR count). The number of amides is 1. The number of nitrogens with one attached hydrogen (secondary N) is 2. The van der Waals surface area contributed by atoms with Gasteiger partial charge in [0.05, 0.1) is 18.8 Å². The molecule has 1 fully saturated rings. The highest BCUT2D eigenvalue weighted by Gasteiger charge is 2.30. The van der Waals surface area contributed by atoms with Crippen molar-refractivity contribution in [3.63, 3.8) is 0 Å². The van der Waals surface area contributed by atoms with Gasteiger partial charge in [-0.3, -0.25) is 4.79 Å². The maximum absolute atomic E-state index is 13.7. The quantitative estimate of drug-likeness (QED) is 0.861. The van der Waals surface area contributed by atoms with Gasteiger partial charge in [-0.2, -0.15) is 0 Å². The van der Waals surface area contributed by atoms with E-state index < -0.39 is 0 Å². The Morgan fingerprint density at radius 1 is 1.12 bits per heavy atom. The molecule has 0 saturated carbocycles. The Balaban J connectivity index is 1.50. The summed E-state index contributed by atoms with van der Waals surface area (Å²) >= 11 is 0. The van der Waals surface area contributed by atoms with Crippen LogP contribution in [0.4, 0.5) is 10.1 Å². The van der Waals surface area contributed by atoms with Gasteiger partial charge in [0.2, 0.25) is 0 Å². The highest BCUT2D eigenvalue weighted by Crippen LogP contribution is 2.17. The van der Waals surface area contributed by atoms with Gasteiger partial charge in [-0.15, -0.1) is 0 Å². The van der Waals surface area contributed by atoms with Gasteiger partial charge in [-0.1, -0.05) is 42.5 Å². The Bertz CT molecular complexity index is 696.